The van der Waals surface area contributed by atoms with Crippen LogP contribution in [0.2, 0.25) is 0 Å². The van der Waals surface area contributed by atoms with Gasteiger partial charge in [-0.1, -0.05) is 69.6 Å². The fourth-order valence-corrected chi connectivity index (χ4v) is 2.19. The normalized spacial score (nSPS) is 25.7. The monoisotopic (exact) mass is 418 g/mol. The van der Waals surface area contributed by atoms with E-state index >= 15 is 0 Å². The molecule has 0 aliphatic rings. The molecule has 0 bridgehead atoms. The number of carbonyl (C=O) groups is 1. The van der Waals surface area contributed by atoms with Crippen LogP contribution in [0.1, 0.15) is 0 Å². The second kappa shape index (κ2) is 5.61. The van der Waals surface area contributed by atoms with E-state index in [0.29, 0.717) is 0 Å². The van der Waals surface area contributed by atoms with Crippen molar-refractivity contribution in [1.82, 2.24) is 0 Å². The van der Waals surface area contributed by atoms with E-state index in [1.165, 1.54) is 0 Å². The third-order valence-corrected chi connectivity index (χ3v) is 5.46. The van der Waals surface area contributed by atoms with Crippen LogP contribution in [0.25, 0.3) is 0 Å². The molecule has 4 atom stereocenters. The summed E-state index contributed by atoms with van der Waals surface area (Å²) in [6.07, 6.45) is 0. The average molecular weight is 421 g/mol. The highest BCUT2D eigenvalue weighted by atomic mass is 35.5. The van der Waals surface area contributed by atoms with Crippen molar-refractivity contribution in [3.05, 3.63) is 0 Å². The first-order chi connectivity index (χ1) is 7.94. The zero-order chi connectivity index (χ0) is 16.1. The highest BCUT2D eigenvalue weighted by Crippen LogP contribution is 2.54. The number of halogens is 7. The molecule has 13 heteroatoms. The average Bonchev–Trinajstić information content (AvgIpc) is 2.14. The quantitative estimate of drug-likeness (QED) is 0.328. The van der Waals surface area contributed by atoms with E-state index in [9.17, 15) is 25.2 Å². The van der Waals surface area contributed by atoms with Gasteiger partial charge in [-0.25, -0.2) is 0 Å². The van der Waals surface area contributed by atoms with Crippen LogP contribution in [0.15, 0.2) is 0 Å². The van der Waals surface area contributed by atoms with Crippen molar-refractivity contribution in [2.75, 3.05) is 0 Å². The lowest BCUT2D eigenvalue weighted by molar-refractivity contribution is -0.198. The van der Waals surface area contributed by atoms with Crippen molar-refractivity contribution in [2.45, 2.75) is 24.8 Å². The van der Waals surface area contributed by atoms with Crippen LogP contribution < -0.4 is 0 Å². The summed E-state index contributed by atoms with van der Waals surface area (Å²) in [5.74, 6) is 0. The molecule has 0 aliphatic carbocycles. The Kier molecular flexibility index (Phi) is 6.05. The van der Waals surface area contributed by atoms with Gasteiger partial charge in [0.2, 0.25) is 15.2 Å². The molecule has 0 fully saturated rings. The maximum absolute atomic E-state index is 10.9. The third kappa shape index (κ3) is 3.16. The Morgan fingerprint density at radius 2 is 1.00 bits per heavy atom. The van der Waals surface area contributed by atoms with E-state index in [1.54, 1.807) is 0 Å². The van der Waals surface area contributed by atoms with Crippen molar-refractivity contribution < 1.29 is 30.3 Å². The summed E-state index contributed by atoms with van der Waals surface area (Å²) in [5, 5.41) is 30.6. The predicted octanol–water partition coefficient (Wildman–Crippen LogP) is 0.585. The second-order valence-corrected chi connectivity index (χ2v) is 7.12. The largest absolute Gasteiger partial charge is 0.368 e. The number of rotatable bonds is 5. The minimum absolute atomic E-state index is 1.90. The number of aliphatic hydroxyl groups is 5. The maximum atomic E-state index is 10.9. The number of alkyl halides is 6. The number of carbonyl (C=O) groups excluding carboxylic acids is 1. The molecule has 114 valence electrons. The standard InChI is InChI=1S/C6H5Cl7O6/c7-1(14)2(8,15)3(9,16)4(10,17)5(11,18)6(12,13)19/h15-19H/t2-,3+,4-,5-/m0/s1. The van der Waals surface area contributed by atoms with Crippen LogP contribution in [0.3, 0.4) is 0 Å². The predicted molar refractivity (Wildman–Crippen MR) is 70.7 cm³/mol. The molecular formula is C6H5Cl7O6. The summed E-state index contributed by atoms with van der Waals surface area (Å²) >= 11 is 35.7. The molecule has 0 spiro atoms. The second-order valence-electron chi connectivity index (χ2n) is 3.30. The molecule has 0 saturated carbocycles. The minimum atomic E-state index is -3.84. The van der Waals surface area contributed by atoms with Gasteiger partial charge in [0.1, 0.15) is 0 Å². The first-order valence-corrected chi connectivity index (χ1v) is 6.54. The van der Waals surface area contributed by atoms with Crippen LogP contribution in [0, 0.1) is 0 Å². The fourth-order valence-electron chi connectivity index (χ4n) is 0.769. The Hall–Kier alpha value is 1.50. The molecule has 0 amide bonds. The molecule has 0 saturated heterocycles. The van der Waals surface area contributed by atoms with Crippen LogP contribution in [0.5, 0.6) is 0 Å². The molecule has 0 aromatic rings. The Morgan fingerprint density at radius 3 is 1.21 bits per heavy atom. The van der Waals surface area contributed by atoms with Crippen molar-refractivity contribution in [2.24, 2.45) is 0 Å². The van der Waals surface area contributed by atoms with E-state index in [1.807, 2.05) is 0 Å². The van der Waals surface area contributed by atoms with Gasteiger partial charge in [0.15, 0.2) is 0 Å². The van der Waals surface area contributed by atoms with Crippen molar-refractivity contribution in [1.29, 1.82) is 0 Å². The molecule has 6 nitrogen and oxygen atoms in total. The maximum Gasteiger partial charge on any atom is 0.273 e. The van der Waals surface area contributed by atoms with Gasteiger partial charge in [0, 0.05) is 0 Å². The molecule has 0 radical (unpaired) electrons. The van der Waals surface area contributed by atoms with E-state index < -0.39 is 30.0 Å². The van der Waals surface area contributed by atoms with Crippen molar-refractivity contribution in [3.63, 3.8) is 0 Å². The van der Waals surface area contributed by atoms with Gasteiger partial charge in [-0.15, -0.1) is 0 Å². The highest BCUT2D eigenvalue weighted by molar-refractivity contribution is 6.71. The van der Waals surface area contributed by atoms with Gasteiger partial charge in [0.05, 0.1) is 0 Å². The van der Waals surface area contributed by atoms with Crippen LogP contribution in [0.4, 0.5) is 0 Å². The van der Waals surface area contributed by atoms with Gasteiger partial charge in [0.25, 0.3) is 14.8 Å². The lowest BCUT2D eigenvalue weighted by Gasteiger charge is -2.47. The van der Waals surface area contributed by atoms with Gasteiger partial charge < -0.3 is 25.5 Å². The van der Waals surface area contributed by atoms with Crippen molar-refractivity contribution >= 4 is 86.4 Å². The lowest BCUT2D eigenvalue weighted by Crippen LogP contribution is -2.72. The first kappa shape index (κ1) is 20.5. The van der Waals surface area contributed by atoms with Gasteiger partial charge in [-0.05, 0) is 11.6 Å². The summed E-state index contributed by atoms with van der Waals surface area (Å²) in [6.45, 7) is 0. The summed E-state index contributed by atoms with van der Waals surface area (Å²) in [6, 6.07) is 0. The van der Waals surface area contributed by atoms with Crippen molar-refractivity contribution in [3.8, 4) is 0 Å². The topological polar surface area (TPSA) is 118 Å². The molecule has 5 N–H and O–H groups in total. The zero-order valence-corrected chi connectivity index (χ0v) is 13.6. The van der Waals surface area contributed by atoms with E-state index in [0.717, 1.165) is 0 Å². The molecule has 0 heterocycles. The minimum Gasteiger partial charge on any atom is -0.368 e. The Bertz CT molecular complexity index is 373. The van der Waals surface area contributed by atoms with Crippen LogP contribution >= 0.6 is 81.2 Å². The smallest absolute Gasteiger partial charge is 0.273 e. The van der Waals surface area contributed by atoms with Gasteiger partial charge in [-0.2, -0.15) is 0 Å². The Labute approximate surface area is 141 Å². The zero-order valence-electron chi connectivity index (χ0n) is 8.29. The molecule has 0 aromatic carbocycles. The molecular weight excluding hydrogens is 416 g/mol. The number of hydrogen-bond donors (Lipinski definition) is 5. The molecule has 0 unspecified atom stereocenters. The Balaban J connectivity index is 5.99. The van der Waals surface area contributed by atoms with E-state index in [4.69, 9.17) is 86.3 Å². The fraction of sp³-hybridized carbons (Fsp3) is 0.833. The van der Waals surface area contributed by atoms with E-state index in [2.05, 4.69) is 0 Å². The molecule has 19 heavy (non-hydrogen) atoms. The van der Waals surface area contributed by atoms with E-state index in [-0.39, 0.29) is 0 Å². The van der Waals surface area contributed by atoms with Gasteiger partial charge in [-0.3, -0.25) is 4.79 Å². The van der Waals surface area contributed by atoms with Crippen LogP contribution in [-0.2, 0) is 4.79 Å². The molecule has 0 aliphatic heterocycles. The van der Waals surface area contributed by atoms with Crippen LogP contribution in [-0.4, -0.2) is 55.5 Å². The summed E-state index contributed by atoms with van der Waals surface area (Å²) in [7, 11) is 0. The summed E-state index contributed by atoms with van der Waals surface area (Å²) < 4.78 is -3.39. The third-order valence-electron chi connectivity index (χ3n) is 1.98. The molecule has 0 aromatic heterocycles. The summed E-state index contributed by atoms with van der Waals surface area (Å²) in [4.78, 5) is 10.9. The van der Waals surface area contributed by atoms with Gasteiger partial charge >= 0.3 is 0 Å². The summed E-state index contributed by atoms with van der Waals surface area (Å²) in [5.41, 5.74) is 0. The SMILES string of the molecule is O=C(Cl)[C@@](O)(Cl)[C@](O)(Cl)[C@@](O)(Cl)[C@@](O)(Cl)C(O)(Cl)Cl. The lowest BCUT2D eigenvalue weighted by atomic mass is 10.0. The highest BCUT2D eigenvalue weighted by Gasteiger charge is 2.75. The molecule has 0 rings (SSSR count). The number of hydrogen-bond acceptors (Lipinski definition) is 6. The Morgan fingerprint density at radius 1 is 0.684 bits per heavy atom. The first-order valence-electron chi connectivity index (χ1n) is 3.90.